The van der Waals surface area contributed by atoms with Gasteiger partial charge in [0.25, 0.3) is 0 Å². The van der Waals surface area contributed by atoms with E-state index in [-0.39, 0.29) is 4.90 Å². The SMILES string of the molecule is CC(C)(C)[C@@H](NS(=O)(=O)c1ccc(Br)cc1Br)C(=O)O. The van der Waals surface area contributed by atoms with Crippen LogP contribution in [0, 0.1) is 5.41 Å². The molecule has 0 amide bonds. The van der Waals surface area contributed by atoms with Crippen molar-refractivity contribution in [2.24, 2.45) is 5.41 Å². The van der Waals surface area contributed by atoms with E-state index in [4.69, 9.17) is 0 Å². The summed E-state index contributed by atoms with van der Waals surface area (Å²) in [5, 5.41) is 9.19. The highest BCUT2D eigenvalue weighted by atomic mass is 79.9. The summed E-state index contributed by atoms with van der Waals surface area (Å²) in [6, 6.07) is 3.34. The summed E-state index contributed by atoms with van der Waals surface area (Å²) in [5.41, 5.74) is -0.749. The van der Waals surface area contributed by atoms with Crippen LogP contribution in [0.15, 0.2) is 32.0 Å². The molecule has 0 bridgehead atoms. The van der Waals surface area contributed by atoms with Crippen LogP contribution in [-0.2, 0) is 14.8 Å². The van der Waals surface area contributed by atoms with Gasteiger partial charge in [0.15, 0.2) is 0 Å². The predicted molar refractivity (Wildman–Crippen MR) is 83.0 cm³/mol. The van der Waals surface area contributed by atoms with Crippen LogP contribution in [0.5, 0.6) is 0 Å². The van der Waals surface area contributed by atoms with E-state index < -0.39 is 27.4 Å². The van der Waals surface area contributed by atoms with E-state index in [2.05, 4.69) is 36.6 Å². The Bertz CT molecular complexity index is 623. The molecule has 1 rings (SSSR count). The highest BCUT2D eigenvalue weighted by Crippen LogP contribution is 2.27. The Morgan fingerprint density at radius 1 is 1.30 bits per heavy atom. The molecule has 0 saturated heterocycles. The number of hydrogen-bond donors (Lipinski definition) is 2. The van der Waals surface area contributed by atoms with Gasteiger partial charge < -0.3 is 5.11 Å². The third-order valence-corrected chi connectivity index (χ3v) is 5.46. The fourth-order valence-corrected chi connectivity index (χ4v) is 4.65. The van der Waals surface area contributed by atoms with Crippen molar-refractivity contribution in [3.8, 4) is 0 Å². The number of nitrogens with one attached hydrogen (secondary N) is 1. The number of halogens is 2. The summed E-state index contributed by atoms with van der Waals surface area (Å²) >= 11 is 6.39. The van der Waals surface area contributed by atoms with E-state index in [1.165, 1.54) is 6.07 Å². The number of hydrogen-bond acceptors (Lipinski definition) is 3. The molecule has 5 nitrogen and oxygen atoms in total. The van der Waals surface area contributed by atoms with Gasteiger partial charge in [-0.1, -0.05) is 36.7 Å². The van der Waals surface area contributed by atoms with Crippen molar-refractivity contribution >= 4 is 47.9 Å². The largest absolute Gasteiger partial charge is 0.480 e. The van der Waals surface area contributed by atoms with E-state index in [1.807, 2.05) is 0 Å². The van der Waals surface area contributed by atoms with Crippen molar-refractivity contribution in [2.75, 3.05) is 0 Å². The monoisotopic (exact) mass is 427 g/mol. The average Bonchev–Trinajstić information content (AvgIpc) is 2.23. The number of carboxylic acids is 1. The second-order valence-electron chi connectivity index (χ2n) is 5.33. The Hall–Kier alpha value is -0.440. The molecule has 0 fully saturated rings. The van der Waals surface area contributed by atoms with E-state index in [0.29, 0.717) is 8.95 Å². The van der Waals surface area contributed by atoms with Gasteiger partial charge in [0.1, 0.15) is 6.04 Å². The quantitative estimate of drug-likeness (QED) is 0.771. The zero-order valence-corrected chi connectivity index (χ0v) is 15.1. The molecule has 0 unspecified atom stereocenters. The molecule has 0 heterocycles. The first-order valence-corrected chi connectivity index (χ1v) is 8.72. The van der Waals surface area contributed by atoms with Gasteiger partial charge in [-0.3, -0.25) is 4.79 Å². The van der Waals surface area contributed by atoms with Gasteiger partial charge in [-0.15, -0.1) is 0 Å². The minimum atomic E-state index is -3.93. The van der Waals surface area contributed by atoms with Gasteiger partial charge >= 0.3 is 5.97 Å². The maximum absolute atomic E-state index is 12.3. The molecular formula is C12H15Br2NO4S. The zero-order valence-electron chi connectivity index (χ0n) is 11.1. The molecule has 0 saturated carbocycles. The van der Waals surface area contributed by atoms with Crippen LogP contribution in [-0.4, -0.2) is 25.5 Å². The number of benzene rings is 1. The minimum Gasteiger partial charge on any atom is -0.480 e. The standard InChI is InChI=1S/C12H15Br2NO4S/c1-12(2,3)10(11(16)17)15-20(18,19)9-5-4-7(13)6-8(9)14/h4-6,10,15H,1-3H3,(H,16,17)/t10-/m0/s1. The van der Waals surface area contributed by atoms with Crippen LogP contribution in [0.1, 0.15) is 20.8 Å². The van der Waals surface area contributed by atoms with Crippen LogP contribution in [0.2, 0.25) is 0 Å². The summed E-state index contributed by atoms with van der Waals surface area (Å²) in [4.78, 5) is 11.2. The summed E-state index contributed by atoms with van der Waals surface area (Å²) < 4.78 is 27.9. The molecule has 1 aromatic carbocycles. The second kappa shape index (κ2) is 6.13. The van der Waals surface area contributed by atoms with Gasteiger partial charge in [0.05, 0.1) is 4.90 Å². The first-order valence-electron chi connectivity index (χ1n) is 5.65. The Balaban J connectivity index is 3.20. The zero-order chi connectivity index (χ0) is 15.7. The maximum Gasteiger partial charge on any atom is 0.322 e. The summed E-state index contributed by atoms with van der Waals surface area (Å²) in [7, 11) is -3.93. The normalized spacial score (nSPS) is 14.1. The third-order valence-electron chi connectivity index (χ3n) is 2.57. The number of carbonyl (C=O) groups is 1. The Morgan fingerprint density at radius 3 is 2.25 bits per heavy atom. The molecule has 0 aliphatic heterocycles. The molecule has 2 N–H and O–H groups in total. The van der Waals surface area contributed by atoms with Gasteiger partial charge in [0.2, 0.25) is 10.0 Å². The van der Waals surface area contributed by atoms with E-state index >= 15 is 0 Å². The van der Waals surface area contributed by atoms with Crippen LogP contribution >= 0.6 is 31.9 Å². The predicted octanol–water partition coefficient (Wildman–Crippen LogP) is 2.99. The lowest BCUT2D eigenvalue weighted by Crippen LogP contribution is -2.49. The van der Waals surface area contributed by atoms with Crippen LogP contribution < -0.4 is 4.72 Å². The summed E-state index contributed by atoms with van der Waals surface area (Å²) in [5.74, 6) is -1.21. The fraction of sp³-hybridized carbons (Fsp3) is 0.417. The molecule has 1 atom stereocenters. The van der Waals surface area contributed by atoms with Crippen molar-refractivity contribution in [3.05, 3.63) is 27.1 Å². The second-order valence-corrected chi connectivity index (χ2v) is 8.79. The lowest BCUT2D eigenvalue weighted by molar-refractivity contribution is -0.141. The van der Waals surface area contributed by atoms with Crippen molar-refractivity contribution in [3.63, 3.8) is 0 Å². The number of aliphatic carboxylic acids is 1. The number of carboxylic acid groups (broad SMARTS) is 1. The highest BCUT2D eigenvalue weighted by molar-refractivity contribution is 9.11. The lowest BCUT2D eigenvalue weighted by atomic mass is 9.88. The maximum atomic E-state index is 12.3. The molecular weight excluding hydrogens is 414 g/mol. The van der Waals surface area contributed by atoms with Gasteiger partial charge in [0, 0.05) is 8.95 Å². The lowest BCUT2D eigenvalue weighted by Gasteiger charge is -2.27. The molecule has 0 aliphatic carbocycles. The van der Waals surface area contributed by atoms with Gasteiger partial charge in [-0.2, -0.15) is 4.72 Å². The first kappa shape index (κ1) is 17.6. The van der Waals surface area contributed by atoms with E-state index in [0.717, 1.165) is 0 Å². The third kappa shape index (κ3) is 4.28. The van der Waals surface area contributed by atoms with Crippen molar-refractivity contribution in [1.29, 1.82) is 0 Å². The van der Waals surface area contributed by atoms with Crippen molar-refractivity contribution in [1.82, 2.24) is 4.72 Å². The van der Waals surface area contributed by atoms with Gasteiger partial charge in [-0.25, -0.2) is 8.42 Å². The average molecular weight is 429 g/mol. The van der Waals surface area contributed by atoms with Crippen LogP contribution in [0.25, 0.3) is 0 Å². The van der Waals surface area contributed by atoms with Crippen LogP contribution in [0.3, 0.4) is 0 Å². The molecule has 8 heteroatoms. The van der Waals surface area contributed by atoms with E-state index in [1.54, 1.807) is 32.9 Å². The number of sulfonamides is 1. The molecule has 1 aromatic rings. The Morgan fingerprint density at radius 2 is 1.85 bits per heavy atom. The Kier molecular flexibility index (Phi) is 5.40. The molecule has 112 valence electrons. The van der Waals surface area contributed by atoms with Crippen LogP contribution in [0.4, 0.5) is 0 Å². The topological polar surface area (TPSA) is 83.5 Å². The molecule has 20 heavy (non-hydrogen) atoms. The summed E-state index contributed by atoms with van der Waals surface area (Å²) in [6.45, 7) is 4.97. The summed E-state index contributed by atoms with van der Waals surface area (Å²) in [6.07, 6.45) is 0. The van der Waals surface area contributed by atoms with Crippen molar-refractivity contribution < 1.29 is 18.3 Å². The molecule has 0 aromatic heterocycles. The van der Waals surface area contributed by atoms with Crippen molar-refractivity contribution in [2.45, 2.75) is 31.7 Å². The van der Waals surface area contributed by atoms with E-state index in [9.17, 15) is 18.3 Å². The fourth-order valence-electron chi connectivity index (χ4n) is 1.51. The molecule has 0 spiro atoms. The minimum absolute atomic E-state index is 0.00352. The first-order chi connectivity index (χ1) is 8.95. The smallest absolute Gasteiger partial charge is 0.322 e. The Labute approximate surface area is 135 Å². The molecule has 0 aliphatic rings. The van der Waals surface area contributed by atoms with Gasteiger partial charge in [-0.05, 0) is 39.5 Å². The number of rotatable bonds is 4. The molecule has 0 radical (unpaired) electrons. The highest BCUT2D eigenvalue weighted by Gasteiger charge is 2.35.